The van der Waals surface area contributed by atoms with Gasteiger partial charge >= 0.3 is 0 Å². The number of nitrogens with zero attached hydrogens (tertiary/aromatic N) is 3. The van der Waals surface area contributed by atoms with Gasteiger partial charge in [0.2, 0.25) is 0 Å². The van der Waals surface area contributed by atoms with E-state index >= 15 is 0 Å². The zero-order chi connectivity index (χ0) is 12.7. The van der Waals surface area contributed by atoms with Gasteiger partial charge in [0.1, 0.15) is 23.1 Å². The summed E-state index contributed by atoms with van der Waals surface area (Å²) in [5.74, 6) is 0. The number of nitrogens with one attached hydrogen (secondary N) is 1. The van der Waals surface area contributed by atoms with E-state index in [1.165, 1.54) is 10.8 Å². The molecule has 0 bridgehead atoms. The van der Waals surface area contributed by atoms with Gasteiger partial charge in [0.15, 0.2) is 0 Å². The van der Waals surface area contributed by atoms with Crippen LogP contribution in [0.1, 0.15) is 0 Å². The first-order valence-corrected chi connectivity index (χ1v) is 6.06. The lowest BCUT2D eigenvalue weighted by atomic mass is 10.0. The normalized spacial score (nSPS) is 11.2. The minimum absolute atomic E-state index is 0.852. The molecule has 19 heavy (non-hydrogen) atoms. The maximum atomic E-state index is 4.39. The Morgan fingerprint density at radius 3 is 2.84 bits per heavy atom. The minimum atomic E-state index is 0.852. The molecule has 0 aliphatic heterocycles. The van der Waals surface area contributed by atoms with Crippen molar-refractivity contribution < 1.29 is 0 Å². The lowest BCUT2D eigenvalue weighted by molar-refractivity contribution is 1.12. The van der Waals surface area contributed by atoms with Gasteiger partial charge in [0, 0.05) is 5.56 Å². The lowest BCUT2D eigenvalue weighted by Gasteiger charge is -2.03. The Morgan fingerprint density at radius 2 is 1.84 bits per heavy atom. The molecule has 4 heteroatoms. The summed E-state index contributed by atoms with van der Waals surface area (Å²) in [4.78, 5) is 8.32. The van der Waals surface area contributed by atoms with Crippen LogP contribution in [0, 0.1) is 0 Å². The van der Waals surface area contributed by atoms with Gasteiger partial charge in [-0.1, -0.05) is 42.5 Å². The van der Waals surface area contributed by atoms with Gasteiger partial charge in [-0.15, -0.1) is 0 Å². The van der Waals surface area contributed by atoms with Gasteiger partial charge < -0.3 is 0 Å². The van der Waals surface area contributed by atoms with E-state index in [1.54, 1.807) is 12.5 Å². The molecule has 0 fully saturated rings. The average molecular weight is 246 g/mol. The van der Waals surface area contributed by atoms with Crippen LogP contribution >= 0.6 is 0 Å². The van der Waals surface area contributed by atoms with E-state index in [-0.39, 0.29) is 0 Å². The predicted molar refractivity (Wildman–Crippen MR) is 74.6 cm³/mol. The van der Waals surface area contributed by atoms with Crippen LogP contribution in [0.25, 0.3) is 33.1 Å². The van der Waals surface area contributed by atoms with Crippen molar-refractivity contribution in [1.29, 1.82) is 0 Å². The molecule has 1 N–H and O–H groups in total. The largest absolute Gasteiger partial charge is 0.274 e. The molecule has 2 heterocycles. The molecular formula is C15H10N4. The highest BCUT2D eigenvalue weighted by atomic mass is 15.1. The summed E-state index contributed by atoms with van der Waals surface area (Å²) < 4.78 is 0. The fraction of sp³-hybridized carbons (Fsp3) is 0. The van der Waals surface area contributed by atoms with Gasteiger partial charge in [-0.3, -0.25) is 5.10 Å². The number of benzene rings is 2. The molecule has 0 spiro atoms. The monoisotopic (exact) mass is 246 g/mol. The van der Waals surface area contributed by atoms with Crippen LogP contribution in [0.3, 0.4) is 0 Å². The molecule has 0 saturated carbocycles. The molecule has 0 aliphatic rings. The maximum absolute atomic E-state index is 4.39. The van der Waals surface area contributed by atoms with Crippen LogP contribution in [0.5, 0.6) is 0 Å². The highest BCUT2D eigenvalue weighted by Crippen LogP contribution is 2.30. The van der Waals surface area contributed by atoms with Crippen LogP contribution in [-0.4, -0.2) is 20.2 Å². The van der Waals surface area contributed by atoms with E-state index in [1.807, 2.05) is 18.2 Å². The smallest absolute Gasteiger partial charge is 0.119 e. The third-order valence-electron chi connectivity index (χ3n) is 3.27. The maximum Gasteiger partial charge on any atom is 0.119 e. The summed E-state index contributed by atoms with van der Waals surface area (Å²) in [5.41, 5.74) is 3.66. The van der Waals surface area contributed by atoms with Crippen LogP contribution in [0.2, 0.25) is 0 Å². The Hall–Kier alpha value is -2.75. The molecule has 4 rings (SSSR count). The van der Waals surface area contributed by atoms with Crippen LogP contribution in [-0.2, 0) is 0 Å². The van der Waals surface area contributed by atoms with Crippen molar-refractivity contribution in [2.24, 2.45) is 0 Å². The van der Waals surface area contributed by atoms with Crippen molar-refractivity contribution in [1.82, 2.24) is 20.2 Å². The molecule has 0 saturated heterocycles. The van der Waals surface area contributed by atoms with E-state index in [0.29, 0.717) is 0 Å². The van der Waals surface area contributed by atoms with E-state index in [9.17, 15) is 0 Å². The van der Waals surface area contributed by atoms with Crippen LogP contribution in [0.15, 0.2) is 55.0 Å². The fourth-order valence-corrected chi connectivity index (χ4v) is 2.39. The summed E-state index contributed by atoms with van der Waals surface area (Å²) >= 11 is 0. The number of hydrogen-bond donors (Lipinski definition) is 1. The zero-order valence-corrected chi connectivity index (χ0v) is 10.0. The number of hydrogen-bond acceptors (Lipinski definition) is 3. The molecule has 0 unspecified atom stereocenters. The van der Waals surface area contributed by atoms with Crippen molar-refractivity contribution in [3.8, 4) is 11.3 Å². The number of aromatic nitrogens is 4. The summed E-state index contributed by atoms with van der Waals surface area (Å²) in [5, 5.41) is 9.74. The zero-order valence-electron chi connectivity index (χ0n) is 10.0. The number of H-pyrrole nitrogens is 1. The summed E-state index contributed by atoms with van der Waals surface area (Å²) in [7, 11) is 0. The molecule has 2 aromatic heterocycles. The summed E-state index contributed by atoms with van der Waals surface area (Å²) in [6.07, 6.45) is 3.29. The Kier molecular flexibility index (Phi) is 2.08. The summed E-state index contributed by atoms with van der Waals surface area (Å²) in [6, 6.07) is 14.5. The molecule has 0 radical (unpaired) electrons. The van der Waals surface area contributed by atoms with Crippen molar-refractivity contribution in [2.45, 2.75) is 0 Å². The Balaban J connectivity index is 2.10. The molecule has 90 valence electrons. The van der Waals surface area contributed by atoms with Crippen molar-refractivity contribution in [2.75, 3.05) is 0 Å². The first-order valence-electron chi connectivity index (χ1n) is 6.06. The standard InChI is InChI=1S/C15H10N4/c1-2-6-11-10(4-1)5-3-7-12(11)14-15-13(18-19-14)8-16-9-17-15/h1-9H,(H,18,19). The second-order valence-electron chi connectivity index (χ2n) is 4.38. The topological polar surface area (TPSA) is 54.5 Å². The number of rotatable bonds is 1. The molecule has 4 nitrogen and oxygen atoms in total. The third-order valence-corrected chi connectivity index (χ3v) is 3.27. The van der Waals surface area contributed by atoms with E-state index in [0.717, 1.165) is 22.3 Å². The number of aromatic amines is 1. The average Bonchev–Trinajstić information content (AvgIpc) is 2.90. The Labute approximate surface area is 109 Å². The van der Waals surface area contributed by atoms with Crippen molar-refractivity contribution >= 4 is 21.8 Å². The molecule has 4 aromatic rings. The quantitative estimate of drug-likeness (QED) is 0.561. The SMILES string of the molecule is c1ccc2c(-c3n[nH]c4cncnc34)cccc2c1. The van der Waals surface area contributed by atoms with Crippen molar-refractivity contribution in [3.05, 3.63) is 55.0 Å². The Bertz CT molecular complexity index is 874. The minimum Gasteiger partial charge on any atom is -0.274 e. The van der Waals surface area contributed by atoms with E-state index in [4.69, 9.17) is 0 Å². The van der Waals surface area contributed by atoms with Gasteiger partial charge in [-0.25, -0.2) is 9.97 Å². The van der Waals surface area contributed by atoms with Gasteiger partial charge in [-0.2, -0.15) is 5.10 Å². The third kappa shape index (κ3) is 1.50. The van der Waals surface area contributed by atoms with Crippen LogP contribution < -0.4 is 0 Å². The predicted octanol–water partition coefficient (Wildman–Crippen LogP) is 3.17. The van der Waals surface area contributed by atoms with E-state index < -0.39 is 0 Å². The highest BCUT2D eigenvalue weighted by Gasteiger charge is 2.11. The first kappa shape index (κ1) is 10.2. The molecule has 2 aromatic carbocycles. The molecular weight excluding hydrogens is 236 g/mol. The second kappa shape index (κ2) is 3.88. The second-order valence-corrected chi connectivity index (χ2v) is 4.38. The van der Waals surface area contributed by atoms with Gasteiger partial charge in [0.05, 0.1) is 6.20 Å². The molecule has 0 amide bonds. The van der Waals surface area contributed by atoms with E-state index in [2.05, 4.69) is 44.4 Å². The highest BCUT2D eigenvalue weighted by molar-refractivity contribution is 6.01. The van der Waals surface area contributed by atoms with Crippen LogP contribution in [0.4, 0.5) is 0 Å². The molecule has 0 aliphatic carbocycles. The van der Waals surface area contributed by atoms with Crippen molar-refractivity contribution in [3.63, 3.8) is 0 Å². The van der Waals surface area contributed by atoms with Gasteiger partial charge in [-0.05, 0) is 10.8 Å². The number of fused-ring (bicyclic) bond motifs is 2. The summed E-state index contributed by atoms with van der Waals surface area (Å²) in [6.45, 7) is 0. The Morgan fingerprint density at radius 1 is 0.947 bits per heavy atom. The first-order chi connectivity index (χ1) is 9.43. The molecule has 0 atom stereocenters. The fourth-order valence-electron chi connectivity index (χ4n) is 2.39. The van der Waals surface area contributed by atoms with Gasteiger partial charge in [0.25, 0.3) is 0 Å². The lowest BCUT2D eigenvalue weighted by Crippen LogP contribution is -1.84.